The first kappa shape index (κ1) is 37.0. The van der Waals surface area contributed by atoms with Gasteiger partial charge in [-0.3, -0.25) is 19.2 Å². The van der Waals surface area contributed by atoms with Crippen molar-refractivity contribution in [3.05, 3.63) is 233 Å². The molecule has 2 aromatic heterocycles. The Morgan fingerprint density at radius 3 is 1.59 bits per heavy atom. The zero-order chi connectivity index (χ0) is 101. The van der Waals surface area contributed by atoms with Crippen LogP contribution < -0.4 is 11.1 Å². The van der Waals surface area contributed by atoms with Crippen LogP contribution in [0.3, 0.4) is 0 Å². The highest BCUT2D eigenvalue weighted by molar-refractivity contribution is 7.98. The molecule has 0 N–H and O–H groups in total. The fourth-order valence-corrected chi connectivity index (χ4v) is 10.4. The summed E-state index contributed by atoms with van der Waals surface area (Å²) < 4.78 is 429. The summed E-state index contributed by atoms with van der Waals surface area (Å²) in [5.41, 5.74) is -17.8. The lowest BCUT2D eigenvalue weighted by atomic mass is 9.98. The molecular weight excluding hydrogens is 1270 g/mol. The van der Waals surface area contributed by atoms with E-state index in [1.807, 2.05) is 0 Å². The summed E-state index contributed by atoms with van der Waals surface area (Å²) >= 11 is -0.0120. The molecular formula is C73H78F8N8O4S2. The van der Waals surface area contributed by atoms with E-state index < -0.39 is 289 Å². The molecule has 2 aliphatic carbocycles. The molecule has 0 fully saturated rings. The average Bonchev–Trinajstić information content (AvgIpc) is 1.52. The third-order valence-corrected chi connectivity index (χ3v) is 15.3. The van der Waals surface area contributed by atoms with Gasteiger partial charge >= 0.3 is 12.4 Å². The number of rotatable bonds is 26. The first-order chi connectivity index (χ1) is 59.6. The van der Waals surface area contributed by atoms with Gasteiger partial charge in [0.15, 0.2) is 10.3 Å². The molecule has 95 heavy (non-hydrogen) atoms. The van der Waals surface area contributed by atoms with Crippen LogP contribution in [0.5, 0.6) is 0 Å². The number of nitrogens with zero attached hydrogens (tertiary/aromatic N) is 8. The fraction of sp³-hybridized carbons (Fsp3) is 0.370. The second-order valence-corrected chi connectivity index (χ2v) is 21.4. The first-order valence-electron chi connectivity index (χ1n) is 46.5. The maximum atomic E-state index is 15.2. The summed E-state index contributed by atoms with van der Waals surface area (Å²) in [6, 6.07) is -0.365. The lowest BCUT2D eigenvalue weighted by Crippen LogP contribution is -2.40. The Labute approximate surface area is 609 Å². The third-order valence-electron chi connectivity index (χ3n) is 13.7. The maximum Gasteiger partial charge on any atom is 0.416 e. The number of halogens is 8. The molecule has 0 atom stereocenters. The molecule has 6 aromatic carbocycles. The number of alkyl halides is 6. The maximum absolute atomic E-state index is 15.2. The van der Waals surface area contributed by atoms with E-state index in [0.29, 0.717) is 53.8 Å². The van der Waals surface area contributed by atoms with Gasteiger partial charge in [0.05, 0.1) is 31.7 Å². The van der Waals surface area contributed by atoms with Crippen molar-refractivity contribution in [3.8, 4) is 22.3 Å². The lowest BCUT2D eigenvalue weighted by Gasteiger charge is -2.28. The van der Waals surface area contributed by atoms with Gasteiger partial charge in [-0.1, -0.05) is 148 Å². The Bertz CT molecular complexity index is 5880. The van der Waals surface area contributed by atoms with Gasteiger partial charge in [0.2, 0.25) is 11.8 Å². The number of thioether (sulfide) groups is 2. The molecule has 0 spiro atoms. The Hall–Kier alpha value is -7.92. The van der Waals surface area contributed by atoms with Crippen molar-refractivity contribution in [2.45, 2.75) is 133 Å². The highest BCUT2D eigenvalue weighted by Crippen LogP contribution is 2.36. The molecule has 2 aliphatic rings. The van der Waals surface area contributed by atoms with Crippen LogP contribution >= 0.6 is 23.5 Å². The van der Waals surface area contributed by atoms with Crippen LogP contribution in [0.15, 0.2) is 159 Å². The van der Waals surface area contributed by atoms with Gasteiger partial charge in [-0.2, -0.15) is 36.3 Å². The number of amides is 2. The van der Waals surface area contributed by atoms with Gasteiger partial charge in [-0.25, -0.2) is 8.78 Å². The summed E-state index contributed by atoms with van der Waals surface area (Å²) in [7, 11) is 0. The zero-order valence-corrected chi connectivity index (χ0v) is 52.1. The van der Waals surface area contributed by atoms with E-state index in [2.05, 4.69) is 9.97 Å². The Kier molecular flexibility index (Phi) is 12.7. The summed E-state index contributed by atoms with van der Waals surface area (Å²) in [5, 5.41) is -1.61. The smallest absolute Gasteiger partial charge is 0.336 e. The van der Waals surface area contributed by atoms with E-state index in [-0.39, 0.29) is 54.0 Å². The minimum Gasteiger partial charge on any atom is -0.336 e. The number of carbonyl (C=O) groups is 2. The minimum atomic E-state index is -5.30. The number of likely N-dealkylation sites (N-methyl/N-ethyl adjacent to an activating group) is 2. The van der Waals surface area contributed by atoms with E-state index in [0.717, 1.165) is 45.0 Å². The fourth-order valence-electron chi connectivity index (χ4n) is 8.98. The van der Waals surface area contributed by atoms with Crippen LogP contribution in [0.1, 0.15) is 153 Å². The van der Waals surface area contributed by atoms with Crippen LogP contribution in [0.4, 0.5) is 35.1 Å². The second kappa shape index (κ2) is 32.7. The molecule has 502 valence electrons. The van der Waals surface area contributed by atoms with Crippen molar-refractivity contribution >= 4 is 35.3 Å². The van der Waals surface area contributed by atoms with Crippen molar-refractivity contribution in [1.29, 1.82) is 0 Å². The molecule has 2 amide bonds. The first-order valence-corrected chi connectivity index (χ1v) is 29.7. The highest BCUT2D eigenvalue weighted by atomic mass is 32.2. The van der Waals surface area contributed by atoms with Gasteiger partial charge in [-0.05, 0) is 164 Å². The molecule has 2 heterocycles. The van der Waals surface area contributed by atoms with E-state index in [1.165, 1.54) is 53.1 Å². The van der Waals surface area contributed by atoms with Gasteiger partial charge in [-0.15, -0.1) is 0 Å². The van der Waals surface area contributed by atoms with Crippen molar-refractivity contribution < 1.29 is 95.4 Å². The highest BCUT2D eigenvalue weighted by Gasteiger charge is 2.33. The largest absolute Gasteiger partial charge is 0.416 e. The van der Waals surface area contributed by atoms with Crippen molar-refractivity contribution in [1.82, 2.24) is 38.7 Å². The van der Waals surface area contributed by atoms with Crippen LogP contribution in [0.25, 0.3) is 22.3 Å². The third kappa shape index (κ3) is 19.0. The summed E-state index contributed by atoms with van der Waals surface area (Å²) in [5.74, 6) is -5.55. The van der Waals surface area contributed by atoms with E-state index >= 15 is 4.79 Å². The van der Waals surface area contributed by atoms with E-state index in [4.69, 9.17) is 48.0 Å². The summed E-state index contributed by atoms with van der Waals surface area (Å²) in [6.45, 7) is -29.4. The molecule has 0 radical (unpaired) electrons. The number of hydrogen-bond donors (Lipinski definition) is 0. The van der Waals surface area contributed by atoms with Crippen LogP contribution in [0.2, 0.25) is 0 Å². The predicted octanol–water partition coefficient (Wildman–Crippen LogP) is 14.7. The molecule has 22 heteroatoms. The normalized spacial score (nSPS) is 21.6. The molecule has 0 saturated heterocycles. The van der Waals surface area contributed by atoms with Gasteiger partial charge in [0, 0.05) is 103 Å². The SMILES string of the molecule is [2H]C([2H])(Sc1nc(=O)c2c(n1CC(=O)N(Cc1ccc(-c3ccc(C(F)(F)F)cc3)cc1)C([2H])([2H])C([2H])([2H])N(C([2H])([2H])C)C([2H])([2H])C)CCC2)c1ccc(F)cc1.[2H]c1c([2H])c(C([2H])([2H])Sc2nc(=O)c3c(n2CC(=O)N(Cc2c([2H])c([2H])c(-c4c([2H])c([2H])c(C(F)(F)F)c(C)c4[2H])c([2H])c2[2H])C([2H])([2H])C([2H])([2H])N(C([2H])([2H])C)C([2H])([2H])C)C([2H])([2H])C([2H])([2H])C3([2H])[2H])c([2H])c([2H])c1F. The quantitative estimate of drug-likeness (QED) is 0.0295. The number of hydrogen-bond acceptors (Lipinski definition) is 10. The van der Waals surface area contributed by atoms with Gasteiger partial charge < -0.3 is 28.7 Å². The van der Waals surface area contributed by atoms with Crippen molar-refractivity contribution in [3.63, 3.8) is 0 Å². The topological polar surface area (TPSA) is 117 Å². The van der Waals surface area contributed by atoms with Crippen molar-refractivity contribution in [2.24, 2.45) is 0 Å². The molecule has 12 nitrogen and oxygen atoms in total. The number of aromatic nitrogens is 4. The molecule has 0 saturated carbocycles. The van der Waals surface area contributed by atoms with E-state index in [1.54, 1.807) is 0 Å². The molecule has 0 unspecified atom stereocenters. The minimum absolute atomic E-state index is 0.00943. The summed E-state index contributed by atoms with van der Waals surface area (Å²) in [4.78, 5) is 64.1. The Morgan fingerprint density at radius 2 is 1.04 bits per heavy atom. The van der Waals surface area contributed by atoms with E-state index in [9.17, 15) is 52.2 Å². The summed E-state index contributed by atoms with van der Waals surface area (Å²) in [6.07, 6.45) is -20.2. The average molecular weight is 1380 g/mol. The van der Waals surface area contributed by atoms with Gasteiger partial charge in [0.1, 0.15) is 24.7 Å². The monoisotopic (exact) mass is 1380 g/mol. The van der Waals surface area contributed by atoms with Crippen LogP contribution in [0, 0.1) is 18.6 Å². The Balaban J connectivity index is 0.000000308. The molecule has 8 aromatic rings. The standard InChI is InChI=1S/C37H40F4N4O2S.C36H38F4N4O2S/c1-4-43(5-2)19-20-44(22-26-9-13-28(14-10-26)29-15-18-32(25(3)21-29)37(39,40)41)34(46)23-45-33-8-6-7-31(33)35(47)42-36(45)48-24-27-11-16-30(38)17-12-27;1-3-42(4-2)20-21-43(22-25-8-12-27(13-9-25)28-14-16-29(17-15-28)36(38,39)40)33(45)23-44-32-7-5-6-31(32)34(46)41-35(44)47-24-26-10-18-30(37)19-11-26/h9-18,21H,4-8,19-20,22-24H2,1-3H3;8-19H,3-7,20-24H2,1-2H3/i4D2,5D2,6D2,7D2,8D2,9D,10D,11D,12D,13D,14D,15D,16D,17D,18D,19D2,20D2,21D,24D2;3D2,4D2,20D2,21D2,24D2. The molecule has 0 bridgehead atoms. The number of carbonyl (C=O) groups excluding carboxylic acids is 2. The van der Waals surface area contributed by atoms with Crippen molar-refractivity contribution in [2.75, 3.05) is 52.0 Å². The number of benzene rings is 6. The zero-order valence-electron chi connectivity index (χ0n) is 87.4. The van der Waals surface area contributed by atoms with Crippen LogP contribution in [-0.2, 0) is 85.1 Å². The number of fused-ring (bicyclic) bond motifs is 2. The lowest BCUT2D eigenvalue weighted by molar-refractivity contribution is -0.138. The second-order valence-electron chi connectivity index (χ2n) is 19.9. The predicted molar refractivity (Wildman–Crippen MR) is 358 cm³/mol. The Morgan fingerprint density at radius 1 is 0.547 bits per heavy atom. The molecule has 10 rings (SSSR count). The molecule has 0 aliphatic heterocycles. The van der Waals surface area contributed by atoms with Crippen LogP contribution in [-0.4, -0.2) is 102 Å². The van der Waals surface area contributed by atoms with Gasteiger partial charge in [0.25, 0.3) is 11.1 Å².